The Kier molecular flexibility index (Phi) is 4.39. The standard InChI is InChI=1S/C27H22ClN3/c28-26-30-24(18-10-3-1-4-11-18)29-25(31-26)20-13-9-15-22-23(20)19-12-5-6-14-21(19)27(22)16-7-2-8-17-27/h1,3-6,9-15H,2,7-8,16-17H2. The number of benzene rings is 3. The van der Waals surface area contributed by atoms with Gasteiger partial charge in [-0.1, -0.05) is 92.1 Å². The number of hydrogen-bond donors (Lipinski definition) is 0. The second-order valence-electron chi connectivity index (χ2n) is 8.53. The molecule has 2 aliphatic carbocycles. The molecule has 3 nitrogen and oxygen atoms in total. The second-order valence-corrected chi connectivity index (χ2v) is 8.87. The van der Waals surface area contributed by atoms with Gasteiger partial charge in [0.15, 0.2) is 11.6 Å². The number of fused-ring (bicyclic) bond motifs is 5. The molecule has 0 atom stereocenters. The van der Waals surface area contributed by atoms with Crippen LogP contribution in [-0.2, 0) is 5.41 Å². The Bertz CT molecular complexity index is 1280. The van der Waals surface area contributed by atoms with Crippen LogP contribution in [0.4, 0.5) is 0 Å². The highest BCUT2D eigenvalue weighted by Crippen LogP contribution is 2.57. The molecule has 1 saturated carbocycles. The highest BCUT2D eigenvalue weighted by atomic mass is 35.5. The van der Waals surface area contributed by atoms with Crippen LogP contribution in [0.15, 0.2) is 72.8 Å². The van der Waals surface area contributed by atoms with Crippen LogP contribution >= 0.6 is 11.6 Å². The molecule has 0 bridgehead atoms. The Morgan fingerprint density at radius 2 is 1.29 bits per heavy atom. The maximum absolute atomic E-state index is 6.38. The summed E-state index contributed by atoms with van der Waals surface area (Å²) in [4.78, 5) is 13.8. The zero-order chi connectivity index (χ0) is 20.8. The first-order valence-corrected chi connectivity index (χ1v) is 11.3. The molecule has 4 heteroatoms. The van der Waals surface area contributed by atoms with Gasteiger partial charge < -0.3 is 0 Å². The van der Waals surface area contributed by atoms with Gasteiger partial charge in [0.25, 0.3) is 0 Å². The minimum Gasteiger partial charge on any atom is -0.208 e. The largest absolute Gasteiger partial charge is 0.226 e. The fourth-order valence-corrected chi connectivity index (χ4v) is 5.73. The SMILES string of the molecule is Clc1nc(-c2ccccc2)nc(-c2cccc3c2-c2ccccc2C32CCCCC2)n1. The average Bonchev–Trinajstić information content (AvgIpc) is 3.10. The number of aromatic nitrogens is 3. The van der Waals surface area contributed by atoms with E-state index >= 15 is 0 Å². The van der Waals surface area contributed by atoms with E-state index in [1.165, 1.54) is 54.4 Å². The number of rotatable bonds is 2. The zero-order valence-corrected chi connectivity index (χ0v) is 17.9. The summed E-state index contributed by atoms with van der Waals surface area (Å²) in [6, 6.07) is 25.4. The Morgan fingerprint density at radius 3 is 2.13 bits per heavy atom. The van der Waals surface area contributed by atoms with E-state index in [0.29, 0.717) is 11.6 Å². The molecule has 1 fully saturated rings. The Morgan fingerprint density at radius 1 is 0.613 bits per heavy atom. The molecule has 4 aromatic rings. The van der Waals surface area contributed by atoms with Crippen LogP contribution in [0.2, 0.25) is 5.28 Å². The molecule has 1 aromatic heterocycles. The third-order valence-corrected chi connectivity index (χ3v) is 7.05. The number of nitrogens with zero attached hydrogens (tertiary/aromatic N) is 3. The van der Waals surface area contributed by atoms with E-state index in [2.05, 4.69) is 52.4 Å². The maximum atomic E-state index is 6.38. The summed E-state index contributed by atoms with van der Waals surface area (Å²) in [5.41, 5.74) is 7.54. The first-order chi connectivity index (χ1) is 15.3. The van der Waals surface area contributed by atoms with Crippen molar-refractivity contribution >= 4 is 11.6 Å². The van der Waals surface area contributed by atoms with Crippen LogP contribution in [0.5, 0.6) is 0 Å². The van der Waals surface area contributed by atoms with Crippen molar-refractivity contribution < 1.29 is 0 Å². The maximum Gasteiger partial charge on any atom is 0.226 e. The monoisotopic (exact) mass is 423 g/mol. The lowest BCUT2D eigenvalue weighted by molar-refractivity contribution is 0.353. The van der Waals surface area contributed by atoms with Gasteiger partial charge in [-0.15, -0.1) is 0 Å². The molecule has 6 rings (SSSR count). The first-order valence-electron chi connectivity index (χ1n) is 11.0. The van der Waals surface area contributed by atoms with E-state index in [4.69, 9.17) is 16.6 Å². The van der Waals surface area contributed by atoms with E-state index in [-0.39, 0.29) is 10.7 Å². The highest BCUT2D eigenvalue weighted by molar-refractivity contribution is 6.28. The van der Waals surface area contributed by atoms with Crippen LogP contribution in [0.25, 0.3) is 33.9 Å². The van der Waals surface area contributed by atoms with Crippen molar-refractivity contribution in [1.82, 2.24) is 15.0 Å². The molecular weight excluding hydrogens is 402 g/mol. The lowest BCUT2D eigenvalue weighted by Gasteiger charge is -2.36. The van der Waals surface area contributed by atoms with E-state index < -0.39 is 0 Å². The Labute approximate surface area is 187 Å². The Hall–Kier alpha value is -3.04. The fourth-order valence-electron chi connectivity index (χ4n) is 5.57. The van der Waals surface area contributed by atoms with Crippen LogP contribution in [0.3, 0.4) is 0 Å². The highest BCUT2D eigenvalue weighted by Gasteiger charge is 2.44. The van der Waals surface area contributed by atoms with Gasteiger partial charge in [0.05, 0.1) is 0 Å². The third kappa shape index (κ3) is 2.91. The molecule has 0 saturated heterocycles. The van der Waals surface area contributed by atoms with Crippen molar-refractivity contribution in [2.45, 2.75) is 37.5 Å². The van der Waals surface area contributed by atoms with Crippen molar-refractivity contribution in [3.05, 3.63) is 89.2 Å². The first kappa shape index (κ1) is 18.7. The minimum atomic E-state index is 0.110. The van der Waals surface area contributed by atoms with Crippen molar-refractivity contribution in [3.63, 3.8) is 0 Å². The molecule has 2 aliphatic rings. The molecule has 0 amide bonds. The van der Waals surface area contributed by atoms with E-state index in [0.717, 1.165) is 11.1 Å². The predicted octanol–water partition coefficient (Wildman–Crippen LogP) is 7.09. The van der Waals surface area contributed by atoms with Crippen LogP contribution in [0.1, 0.15) is 43.2 Å². The Balaban J connectivity index is 1.59. The molecule has 0 N–H and O–H groups in total. The molecule has 0 radical (unpaired) electrons. The summed E-state index contributed by atoms with van der Waals surface area (Å²) in [5, 5.41) is 0.222. The van der Waals surface area contributed by atoms with Gasteiger partial charge in [-0.2, -0.15) is 9.97 Å². The fraction of sp³-hybridized carbons (Fsp3) is 0.222. The van der Waals surface area contributed by atoms with Crippen molar-refractivity contribution in [1.29, 1.82) is 0 Å². The van der Waals surface area contributed by atoms with Crippen LogP contribution in [-0.4, -0.2) is 15.0 Å². The molecule has 152 valence electrons. The smallest absolute Gasteiger partial charge is 0.208 e. The van der Waals surface area contributed by atoms with Crippen molar-refractivity contribution in [2.24, 2.45) is 0 Å². The molecule has 31 heavy (non-hydrogen) atoms. The molecule has 1 spiro atoms. The van der Waals surface area contributed by atoms with Gasteiger partial charge in [0.2, 0.25) is 5.28 Å². The van der Waals surface area contributed by atoms with Crippen molar-refractivity contribution in [2.75, 3.05) is 0 Å². The minimum absolute atomic E-state index is 0.110. The van der Waals surface area contributed by atoms with Gasteiger partial charge in [0.1, 0.15) is 0 Å². The third-order valence-electron chi connectivity index (χ3n) is 6.88. The number of hydrogen-bond acceptors (Lipinski definition) is 3. The topological polar surface area (TPSA) is 38.7 Å². The molecule has 1 heterocycles. The predicted molar refractivity (Wildman–Crippen MR) is 125 cm³/mol. The van der Waals surface area contributed by atoms with Gasteiger partial charge >= 0.3 is 0 Å². The summed E-state index contributed by atoms with van der Waals surface area (Å²) in [6.07, 6.45) is 6.27. The quantitative estimate of drug-likeness (QED) is 0.345. The number of halogens is 1. The summed E-state index contributed by atoms with van der Waals surface area (Å²) in [7, 11) is 0. The average molecular weight is 424 g/mol. The summed E-state index contributed by atoms with van der Waals surface area (Å²) in [5.74, 6) is 1.24. The van der Waals surface area contributed by atoms with E-state index in [1.54, 1.807) is 0 Å². The van der Waals surface area contributed by atoms with Gasteiger partial charge in [-0.25, -0.2) is 4.98 Å². The van der Waals surface area contributed by atoms with Crippen LogP contribution < -0.4 is 0 Å². The van der Waals surface area contributed by atoms with E-state index in [1.807, 2.05) is 30.3 Å². The molecule has 0 aliphatic heterocycles. The van der Waals surface area contributed by atoms with Crippen molar-refractivity contribution in [3.8, 4) is 33.9 Å². The van der Waals surface area contributed by atoms with Gasteiger partial charge in [-0.05, 0) is 46.7 Å². The zero-order valence-electron chi connectivity index (χ0n) is 17.2. The normalized spacial score (nSPS) is 16.2. The molecule has 3 aromatic carbocycles. The van der Waals surface area contributed by atoms with Gasteiger partial charge in [-0.3, -0.25) is 0 Å². The summed E-state index contributed by atoms with van der Waals surface area (Å²) < 4.78 is 0. The van der Waals surface area contributed by atoms with Gasteiger partial charge in [0, 0.05) is 16.5 Å². The van der Waals surface area contributed by atoms with E-state index in [9.17, 15) is 0 Å². The molecule has 0 unspecified atom stereocenters. The summed E-state index contributed by atoms with van der Waals surface area (Å²) in [6.45, 7) is 0. The summed E-state index contributed by atoms with van der Waals surface area (Å²) >= 11 is 6.38. The molecular formula is C27H22ClN3. The lowest BCUT2D eigenvalue weighted by atomic mass is 9.68. The second kappa shape index (κ2) is 7.28. The van der Waals surface area contributed by atoms with Crippen LogP contribution in [0, 0.1) is 0 Å². The lowest BCUT2D eigenvalue weighted by Crippen LogP contribution is -2.27.